The van der Waals surface area contributed by atoms with Crippen LogP contribution < -0.4 is 11.1 Å². The number of hydrogen-bond donors (Lipinski definition) is 4. The van der Waals surface area contributed by atoms with Crippen molar-refractivity contribution >= 4 is 11.7 Å². The Morgan fingerprint density at radius 1 is 1.53 bits per heavy atom. The Morgan fingerprint density at radius 3 is 2.95 bits per heavy atom. The third-order valence-corrected chi connectivity index (χ3v) is 2.20. The smallest absolute Gasteiger partial charge is 0.270 e. The highest BCUT2D eigenvalue weighted by atomic mass is 16.4. The Hall–Kier alpha value is -3.04. The standard InChI is InChI=1S/C9H10N8O2/c10-8(15-19)5-1-2-6(11-3-5)9(18)12-4-7-13-16-17-14-7/h1-3,19H,4H2,(H2,10,15)(H,12,18)(H,13,14,16,17). The molecule has 0 saturated carbocycles. The zero-order valence-corrected chi connectivity index (χ0v) is 9.61. The summed E-state index contributed by atoms with van der Waals surface area (Å²) in [5.74, 6) is -0.108. The summed E-state index contributed by atoms with van der Waals surface area (Å²) in [6.07, 6.45) is 1.33. The van der Waals surface area contributed by atoms with Gasteiger partial charge in [0.05, 0.1) is 6.54 Å². The van der Waals surface area contributed by atoms with Gasteiger partial charge in [-0.1, -0.05) is 10.4 Å². The average molecular weight is 262 g/mol. The SMILES string of the molecule is NC(=NO)c1ccc(C(=O)NCc2nn[nH]n2)nc1. The lowest BCUT2D eigenvalue weighted by molar-refractivity contribution is 0.0945. The van der Waals surface area contributed by atoms with E-state index in [1.165, 1.54) is 18.3 Å². The van der Waals surface area contributed by atoms with Gasteiger partial charge in [0.25, 0.3) is 5.91 Å². The molecule has 10 heteroatoms. The van der Waals surface area contributed by atoms with Gasteiger partial charge >= 0.3 is 0 Å². The van der Waals surface area contributed by atoms with E-state index in [4.69, 9.17) is 10.9 Å². The van der Waals surface area contributed by atoms with Gasteiger partial charge in [0.15, 0.2) is 11.7 Å². The Balaban J connectivity index is 1.99. The van der Waals surface area contributed by atoms with Crippen LogP contribution in [0.2, 0.25) is 0 Å². The number of nitrogens with zero attached hydrogens (tertiary/aromatic N) is 5. The second-order valence-electron chi connectivity index (χ2n) is 3.43. The summed E-state index contributed by atoms with van der Waals surface area (Å²) in [5, 5.41) is 26.9. The number of nitrogens with one attached hydrogen (secondary N) is 2. The van der Waals surface area contributed by atoms with E-state index >= 15 is 0 Å². The number of amides is 1. The van der Waals surface area contributed by atoms with Crippen LogP contribution in [-0.4, -0.2) is 42.6 Å². The highest BCUT2D eigenvalue weighted by Gasteiger charge is 2.09. The topological polar surface area (TPSA) is 155 Å². The molecule has 0 saturated heterocycles. The maximum Gasteiger partial charge on any atom is 0.270 e. The zero-order valence-electron chi connectivity index (χ0n) is 9.61. The number of aromatic nitrogens is 5. The predicted octanol–water partition coefficient (Wildman–Crippen LogP) is -1.38. The highest BCUT2D eigenvalue weighted by Crippen LogP contribution is 2.00. The second-order valence-corrected chi connectivity index (χ2v) is 3.43. The molecule has 2 heterocycles. The molecule has 0 bridgehead atoms. The molecular formula is C9H10N8O2. The fourth-order valence-electron chi connectivity index (χ4n) is 1.24. The Morgan fingerprint density at radius 2 is 2.37 bits per heavy atom. The first kappa shape index (κ1) is 12.4. The molecule has 0 spiro atoms. The van der Waals surface area contributed by atoms with E-state index in [1.54, 1.807) is 0 Å². The molecule has 19 heavy (non-hydrogen) atoms. The Bertz CT molecular complexity index is 577. The minimum Gasteiger partial charge on any atom is -0.409 e. The summed E-state index contributed by atoms with van der Waals surface area (Å²) in [5.41, 5.74) is 5.98. The van der Waals surface area contributed by atoms with Crippen molar-refractivity contribution in [3.05, 3.63) is 35.4 Å². The molecule has 0 atom stereocenters. The first-order valence-corrected chi connectivity index (χ1v) is 5.15. The van der Waals surface area contributed by atoms with Crippen LogP contribution in [0.25, 0.3) is 0 Å². The third kappa shape index (κ3) is 3.00. The molecule has 2 aromatic heterocycles. The summed E-state index contributed by atoms with van der Waals surface area (Å²) in [6.45, 7) is 0.138. The minimum atomic E-state index is -0.393. The van der Waals surface area contributed by atoms with Gasteiger partial charge in [-0.05, 0) is 12.1 Å². The van der Waals surface area contributed by atoms with Gasteiger partial charge in [0.2, 0.25) is 0 Å². The van der Waals surface area contributed by atoms with Crippen molar-refractivity contribution < 1.29 is 10.0 Å². The van der Waals surface area contributed by atoms with Gasteiger partial charge in [0.1, 0.15) is 5.69 Å². The minimum absolute atomic E-state index is 0.0775. The number of hydrogen-bond acceptors (Lipinski definition) is 7. The molecule has 0 aromatic carbocycles. The normalized spacial score (nSPS) is 11.3. The largest absolute Gasteiger partial charge is 0.409 e. The number of amidine groups is 1. The first-order valence-electron chi connectivity index (χ1n) is 5.15. The number of H-pyrrole nitrogens is 1. The van der Waals surface area contributed by atoms with Crippen LogP contribution in [0.3, 0.4) is 0 Å². The molecule has 1 amide bonds. The van der Waals surface area contributed by atoms with Gasteiger partial charge in [-0.2, -0.15) is 5.21 Å². The molecule has 2 rings (SSSR count). The van der Waals surface area contributed by atoms with Gasteiger partial charge in [-0.15, -0.1) is 10.2 Å². The van der Waals surface area contributed by atoms with Gasteiger partial charge in [0, 0.05) is 11.8 Å². The van der Waals surface area contributed by atoms with Crippen molar-refractivity contribution in [2.75, 3.05) is 0 Å². The van der Waals surface area contributed by atoms with Crippen LogP contribution in [0, 0.1) is 0 Å². The molecule has 0 aliphatic rings. The highest BCUT2D eigenvalue weighted by molar-refractivity contribution is 5.98. The van der Waals surface area contributed by atoms with Crippen LogP contribution in [0.5, 0.6) is 0 Å². The summed E-state index contributed by atoms with van der Waals surface area (Å²) < 4.78 is 0. The van der Waals surface area contributed by atoms with E-state index in [2.05, 4.69) is 36.1 Å². The van der Waals surface area contributed by atoms with E-state index in [1.807, 2.05) is 0 Å². The van der Waals surface area contributed by atoms with Crippen LogP contribution in [0.4, 0.5) is 0 Å². The quantitative estimate of drug-likeness (QED) is 0.229. The molecule has 0 radical (unpaired) electrons. The lowest BCUT2D eigenvalue weighted by Gasteiger charge is -2.02. The number of rotatable bonds is 4. The van der Waals surface area contributed by atoms with Crippen molar-refractivity contribution in [2.45, 2.75) is 6.54 Å². The van der Waals surface area contributed by atoms with Gasteiger partial charge in [-0.25, -0.2) is 0 Å². The molecule has 0 aliphatic carbocycles. The van der Waals surface area contributed by atoms with Crippen molar-refractivity contribution in [3.8, 4) is 0 Å². The van der Waals surface area contributed by atoms with Crippen molar-refractivity contribution in [1.82, 2.24) is 30.9 Å². The number of carbonyl (C=O) groups excluding carboxylic acids is 1. The van der Waals surface area contributed by atoms with Crippen molar-refractivity contribution in [2.24, 2.45) is 10.9 Å². The Kier molecular flexibility index (Phi) is 3.61. The fourth-order valence-corrected chi connectivity index (χ4v) is 1.24. The van der Waals surface area contributed by atoms with E-state index in [0.29, 0.717) is 11.4 Å². The van der Waals surface area contributed by atoms with Crippen LogP contribution in [-0.2, 0) is 6.54 Å². The van der Waals surface area contributed by atoms with E-state index in [9.17, 15) is 4.79 Å². The Labute approximate surface area is 106 Å². The molecule has 10 nitrogen and oxygen atoms in total. The van der Waals surface area contributed by atoms with Gasteiger partial charge in [-0.3, -0.25) is 9.78 Å². The molecule has 2 aromatic rings. The van der Waals surface area contributed by atoms with Gasteiger partial charge < -0.3 is 16.3 Å². The lowest BCUT2D eigenvalue weighted by Crippen LogP contribution is -2.24. The monoisotopic (exact) mass is 262 g/mol. The molecule has 0 unspecified atom stereocenters. The van der Waals surface area contributed by atoms with Crippen molar-refractivity contribution in [3.63, 3.8) is 0 Å². The molecule has 98 valence electrons. The lowest BCUT2D eigenvalue weighted by atomic mass is 10.2. The second kappa shape index (κ2) is 5.53. The summed E-state index contributed by atoms with van der Waals surface area (Å²) in [6, 6.07) is 2.98. The maximum absolute atomic E-state index is 11.7. The van der Waals surface area contributed by atoms with Crippen molar-refractivity contribution in [1.29, 1.82) is 0 Å². The molecule has 0 aliphatic heterocycles. The first-order chi connectivity index (χ1) is 9.20. The number of tetrazole rings is 1. The fraction of sp³-hybridized carbons (Fsp3) is 0.111. The number of pyridine rings is 1. The molecule has 0 fully saturated rings. The van der Waals surface area contributed by atoms with Crippen LogP contribution in [0.1, 0.15) is 21.9 Å². The van der Waals surface area contributed by atoms with E-state index < -0.39 is 5.91 Å². The number of oxime groups is 1. The average Bonchev–Trinajstić information content (AvgIpc) is 2.97. The van der Waals surface area contributed by atoms with Crippen LogP contribution in [0.15, 0.2) is 23.5 Å². The zero-order chi connectivity index (χ0) is 13.7. The summed E-state index contributed by atoms with van der Waals surface area (Å²) in [7, 11) is 0. The number of nitrogens with two attached hydrogens (primary N) is 1. The number of aromatic amines is 1. The predicted molar refractivity (Wildman–Crippen MR) is 62.1 cm³/mol. The maximum atomic E-state index is 11.7. The summed E-state index contributed by atoms with van der Waals surface area (Å²) >= 11 is 0. The van der Waals surface area contributed by atoms with E-state index in [0.717, 1.165) is 0 Å². The summed E-state index contributed by atoms with van der Waals surface area (Å²) in [4.78, 5) is 15.6. The van der Waals surface area contributed by atoms with Crippen LogP contribution >= 0.6 is 0 Å². The number of carbonyl (C=O) groups is 1. The molecule has 5 N–H and O–H groups in total. The van der Waals surface area contributed by atoms with E-state index in [-0.39, 0.29) is 18.1 Å². The third-order valence-electron chi connectivity index (χ3n) is 2.20. The molecular weight excluding hydrogens is 252 g/mol.